The first-order valence-electron chi connectivity index (χ1n) is 6.98. The molecule has 0 saturated carbocycles. The predicted molar refractivity (Wildman–Crippen MR) is 87.3 cm³/mol. The maximum absolute atomic E-state index is 12.7. The smallest absolute Gasteiger partial charge is 0.283 e. The number of halogens is 3. The van der Waals surface area contributed by atoms with Gasteiger partial charge < -0.3 is 4.90 Å². The number of imide groups is 1. The molecule has 0 radical (unpaired) electrons. The van der Waals surface area contributed by atoms with E-state index in [4.69, 9.17) is 34.8 Å². The molecule has 7 heteroatoms. The van der Waals surface area contributed by atoms with E-state index in [0.717, 1.165) is 37.3 Å². The van der Waals surface area contributed by atoms with Gasteiger partial charge in [0.2, 0.25) is 0 Å². The Bertz CT molecular complexity index is 661. The fraction of sp³-hybridized carbons (Fsp3) is 0.333. The minimum absolute atomic E-state index is 0.0389. The molecule has 3 rings (SSSR count). The van der Waals surface area contributed by atoms with Crippen LogP contribution in [-0.2, 0) is 9.59 Å². The first-order valence-corrected chi connectivity index (χ1v) is 8.12. The highest BCUT2D eigenvalue weighted by Crippen LogP contribution is 2.34. The van der Waals surface area contributed by atoms with Crippen LogP contribution >= 0.6 is 34.8 Å². The molecule has 116 valence electrons. The van der Waals surface area contributed by atoms with Gasteiger partial charge in [-0.15, -0.1) is 0 Å². The molecule has 0 N–H and O–H groups in total. The van der Waals surface area contributed by atoms with Crippen molar-refractivity contribution in [2.45, 2.75) is 19.3 Å². The second-order valence-electron chi connectivity index (χ2n) is 5.28. The molecule has 0 unspecified atom stereocenters. The molecule has 1 aromatic carbocycles. The third-order valence-electron chi connectivity index (χ3n) is 3.78. The van der Waals surface area contributed by atoms with Crippen LogP contribution in [0.4, 0.5) is 5.69 Å². The molecule has 2 aliphatic rings. The average molecular weight is 360 g/mol. The zero-order chi connectivity index (χ0) is 15.9. The van der Waals surface area contributed by atoms with Crippen LogP contribution in [0.25, 0.3) is 0 Å². The third kappa shape index (κ3) is 2.71. The van der Waals surface area contributed by atoms with E-state index in [1.807, 2.05) is 4.90 Å². The summed E-state index contributed by atoms with van der Waals surface area (Å²) in [5, 5.41) is 0.666. The molecule has 0 spiro atoms. The van der Waals surface area contributed by atoms with Crippen LogP contribution in [0, 0.1) is 0 Å². The van der Waals surface area contributed by atoms with Crippen molar-refractivity contribution in [3.05, 3.63) is 39.0 Å². The van der Waals surface area contributed by atoms with Crippen LogP contribution < -0.4 is 4.90 Å². The number of amides is 2. The highest BCUT2D eigenvalue weighted by molar-refractivity contribution is 6.52. The van der Waals surface area contributed by atoms with Gasteiger partial charge in [0.1, 0.15) is 10.7 Å². The molecule has 22 heavy (non-hydrogen) atoms. The Morgan fingerprint density at radius 3 is 2.00 bits per heavy atom. The van der Waals surface area contributed by atoms with Gasteiger partial charge in [0.05, 0.1) is 5.69 Å². The molecule has 1 fully saturated rings. The Balaban J connectivity index is 1.96. The van der Waals surface area contributed by atoms with Gasteiger partial charge in [-0.05, 0) is 37.5 Å². The first-order chi connectivity index (χ1) is 10.5. The molecule has 2 aliphatic heterocycles. The number of hydrogen-bond donors (Lipinski definition) is 0. The van der Waals surface area contributed by atoms with E-state index in [-0.39, 0.29) is 10.7 Å². The summed E-state index contributed by atoms with van der Waals surface area (Å²) in [6.45, 7) is 1.46. The molecule has 0 bridgehead atoms. The van der Waals surface area contributed by atoms with E-state index in [0.29, 0.717) is 15.7 Å². The van der Waals surface area contributed by atoms with Crippen LogP contribution in [0.3, 0.4) is 0 Å². The normalized spacial score (nSPS) is 19.4. The lowest BCUT2D eigenvalue weighted by molar-refractivity contribution is -0.121. The summed E-state index contributed by atoms with van der Waals surface area (Å²) in [5.41, 5.74) is 0.611. The highest BCUT2D eigenvalue weighted by atomic mass is 35.5. The van der Waals surface area contributed by atoms with E-state index >= 15 is 0 Å². The van der Waals surface area contributed by atoms with Crippen LogP contribution in [0.15, 0.2) is 28.9 Å². The summed E-state index contributed by atoms with van der Waals surface area (Å²) in [4.78, 5) is 28.0. The van der Waals surface area contributed by atoms with E-state index < -0.39 is 11.8 Å². The highest BCUT2D eigenvalue weighted by Gasteiger charge is 2.41. The van der Waals surface area contributed by atoms with Crippen LogP contribution in [0.5, 0.6) is 0 Å². The Labute approximate surface area is 143 Å². The molecule has 0 aliphatic carbocycles. The Morgan fingerprint density at radius 1 is 0.818 bits per heavy atom. The van der Waals surface area contributed by atoms with E-state index in [2.05, 4.69) is 0 Å². The molecular formula is C15H13Cl3N2O2. The molecule has 4 nitrogen and oxygen atoms in total. The van der Waals surface area contributed by atoms with E-state index in [1.54, 1.807) is 0 Å². The molecule has 2 heterocycles. The summed E-state index contributed by atoms with van der Waals surface area (Å²) in [6.07, 6.45) is 3.09. The third-order valence-corrected chi connectivity index (χ3v) is 4.56. The number of carbonyl (C=O) groups is 2. The Morgan fingerprint density at radius 2 is 1.41 bits per heavy atom. The maximum Gasteiger partial charge on any atom is 0.283 e. The number of nitrogens with zero attached hydrogens (tertiary/aromatic N) is 2. The minimum Gasteiger partial charge on any atom is -0.366 e. The van der Waals surface area contributed by atoms with Crippen molar-refractivity contribution in [1.82, 2.24) is 4.90 Å². The number of rotatable bonds is 2. The van der Waals surface area contributed by atoms with Gasteiger partial charge in [-0.2, -0.15) is 0 Å². The van der Waals surface area contributed by atoms with Crippen LogP contribution in [0.2, 0.25) is 10.0 Å². The quantitative estimate of drug-likeness (QED) is 0.754. The second kappa shape index (κ2) is 6.11. The summed E-state index contributed by atoms with van der Waals surface area (Å²) in [5.74, 6) is -0.958. The van der Waals surface area contributed by atoms with Crippen molar-refractivity contribution < 1.29 is 9.59 Å². The predicted octanol–water partition coefficient (Wildman–Crippen LogP) is 3.80. The topological polar surface area (TPSA) is 40.6 Å². The van der Waals surface area contributed by atoms with Crippen molar-refractivity contribution in [1.29, 1.82) is 0 Å². The monoisotopic (exact) mass is 358 g/mol. The fourth-order valence-electron chi connectivity index (χ4n) is 2.79. The van der Waals surface area contributed by atoms with Gasteiger partial charge >= 0.3 is 0 Å². The summed E-state index contributed by atoms with van der Waals surface area (Å²) >= 11 is 18.1. The van der Waals surface area contributed by atoms with Gasteiger partial charge in [-0.3, -0.25) is 9.59 Å². The van der Waals surface area contributed by atoms with Crippen molar-refractivity contribution >= 4 is 52.3 Å². The van der Waals surface area contributed by atoms with Gasteiger partial charge in [-0.25, -0.2) is 4.90 Å². The van der Waals surface area contributed by atoms with Crippen molar-refractivity contribution in [2.24, 2.45) is 0 Å². The van der Waals surface area contributed by atoms with E-state index in [1.165, 1.54) is 18.2 Å². The Hall–Kier alpha value is -1.23. The Kier molecular flexibility index (Phi) is 4.35. The zero-order valence-electron chi connectivity index (χ0n) is 11.6. The van der Waals surface area contributed by atoms with Crippen LogP contribution in [0.1, 0.15) is 19.3 Å². The SMILES string of the molecule is O=C1C(Cl)=C(N2CCCCC2)C(=O)N1c1cc(Cl)cc(Cl)c1. The first kappa shape index (κ1) is 15.7. The minimum atomic E-state index is -0.537. The van der Waals surface area contributed by atoms with Crippen molar-refractivity contribution in [3.8, 4) is 0 Å². The maximum atomic E-state index is 12.7. The molecular weight excluding hydrogens is 347 g/mol. The molecule has 1 saturated heterocycles. The lowest BCUT2D eigenvalue weighted by Crippen LogP contribution is -2.37. The number of likely N-dealkylation sites (tertiary alicyclic amines) is 1. The molecule has 0 aromatic heterocycles. The number of piperidine rings is 1. The zero-order valence-corrected chi connectivity index (χ0v) is 13.9. The van der Waals surface area contributed by atoms with Crippen molar-refractivity contribution in [3.63, 3.8) is 0 Å². The summed E-state index contributed by atoms with van der Waals surface area (Å²) in [6, 6.07) is 4.58. The number of benzene rings is 1. The van der Waals surface area contributed by atoms with Crippen LogP contribution in [-0.4, -0.2) is 29.8 Å². The van der Waals surface area contributed by atoms with Gasteiger partial charge in [0.25, 0.3) is 11.8 Å². The van der Waals surface area contributed by atoms with Gasteiger partial charge in [-0.1, -0.05) is 34.8 Å². The summed E-state index contributed by atoms with van der Waals surface area (Å²) in [7, 11) is 0. The number of hydrogen-bond acceptors (Lipinski definition) is 3. The second-order valence-corrected chi connectivity index (χ2v) is 6.53. The lowest BCUT2D eigenvalue weighted by Gasteiger charge is -2.29. The fourth-order valence-corrected chi connectivity index (χ4v) is 3.59. The molecule has 1 aromatic rings. The van der Waals surface area contributed by atoms with Crippen molar-refractivity contribution in [2.75, 3.05) is 18.0 Å². The number of anilines is 1. The van der Waals surface area contributed by atoms with Gasteiger partial charge in [0, 0.05) is 23.1 Å². The molecule has 2 amide bonds. The largest absolute Gasteiger partial charge is 0.366 e. The number of carbonyl (C=O) groups excluding carboxylic acids is 2. The lowest BCUT2D eigenvalue weighted by atomic mass is 10.1. The van der Waals surface area contributed by atoms with E-state index in [9.17, 15) is 9.59 Å². The molecule has 0 atom stereocenters. The standard InChI is InChI=1S/C15H13Cl3N2O2/c16-9-6-10(17)8-11(7-9)20-14(21)12(18)13(15(20)22)19-4-2-1-3-5-19/h6-8H,1-5H2. The summed E-state index contributed by atoms with van der Waals surface area (Å²) < 4.78 is 0. The van der Waals surface area contributed by atoms with Gasteiger partial charge in [0.15, 0.2) is 0 Å². The average Bonchev–Trinajstić information content (AvgIpc) is 2.69.